The molecule has 0 bridgehead atoms. The molecule has 2 rings (SSSR count). The lowest BCUT2D eigenvalue weighted by Crippen LogP contribution is -2.44. The van der Waals surface area contributed by atoms with Crippen molar-refractivity contribution in [2.45, 2.75) is 44.9 Å². The summed E-state index contributed by atoms with van der Waals surface area (Å²) in [5.41, 5.74) is 0.547. The van der Waals surface area contributed by atoms with Gasteiger partial charge in [-0.05, 0) is 26.7 Å². The number of hydrogen-bond donors (Lipinski definition) is 1. The van der Waals surface area contributed by atoms with Gasteiger partial charge in [-0.1, -0.05) is 0 Å². The van der Waals surface area contributed by atoms with Crippen molar-refractivity contribution >= 4 is 0 Å². The second kappa shape index (κ2) is 4.67. The van der Waals surface area contributed by atoms with Gasteiger partial charge in [0.25, 0.3) is 0 Å². The van der Waals surface area contributed by atoms with Crippen molar-refractivity contribution < 1.29 is 17.9 Å². The van der Waals surface area contributed by atoms with Crippen LogP contribution >= 0.6 is 0 Å². The number of aryl methyl sites for hydroxylation is 1. The highest BCUT2D eigenvalue weighted by Gasteiger charge is 2.63. The molecule has 106 valence electrons. The average molecular weight is 274 g/mol. The molecule has 1 heterocycles. The quantitative estimate of drug-likeness (QED) is 0.916. The molecule has 19 heavy (non-hydrogen) atoms. The molecule has 0 aliphatic heterocycles. The Morgan fingerprint density at radius 2 is 2.00 bits per heavy atom. The van der Waals surface area contributed by atoms with Gasteiger partial charge in [0.1, 0.15) is 11.3 Å². The first kappa shape index (κ1) is 14.1. The van der Waals surface area contributed by atoms with Gasteiger partial charge in [0.15, 0.2) is 0 Å². The van der Waals surface area contributed by atoms with E-state index in [0.717, 1.165) is 11.1 Å². The molecule has 0 radical (unpaired) electrons. The molecule has 6 heteroatoms. The number of rotatable bonds is 4. The van der Waals surface area contributed by atoms with E-state index in [1.165, 1.54) is 0 Å². The molecule has 0 atom stereocenters. The fourth-order valence-corrected chi connectivity index (χ4v) is 2.19. The number of hydrogen-bond acceptors (Lipinski definition) is 3. The number of ether oxygens (including phenoxy) is 1. The fourth-order valence-electron chi connectivity index (χ4n) is 2.19. The lowest BCUT2D eigenvalue weighted by Gasteiger charge is -2.21. The molecule has 1 aromatic heterocycles. The van der Waals surface area contributed by atoms with Gasteiger partial charge in [0.2, 0.25) is 0 Å². The first-order valence-corrected chi connectivity index (χ1v) is 6.11. The van der Waals surface area contributed by atoms with E-state index < -0.39 is 11.7 Å². The summed E-state index contributed by atoms with van der Waals surface area (Å²) in [5, 5.41) is 2.59. The molecule has 0 saturated heterocycles. The molecule has 0 aromatic carbocycles. The highest BCUT2D eigenvalue weighted by molar-refractivity contribution is 5.41. The monoisotopic (exact) mass is 274 g/mol. The van der Waals surface area contributed by atoms with Crippen molar-refractivity contribution in [3.8, 4) is 5.75 Å². The highest BCUT2D eigenvalue weighted by atomic mass is 19.4. The average Bonchev–Trinajstić information content (AvgIpc) is 3.09. The molecule has 1 aliphatic carbocycles. The number of nitrogens with one attached hydrogen (secondary N) is 1. The summed E-state index contributed by atoms with van der Waals surface area (Å²) in [7, 11) is 1.55. The van der Waals surface area contributed by atoms with E-state index >= 15 is 0 Å². The Labute approximate surface area is 110 Å². The van der Waals surface area contributed by atoms with Crippen LogP contribution in [0.5, 0.6) is 5.75 Å². The number of nitrogens with zero attached hydrogens (tertiary/aromatic N) is 1. The van der Waals surface area contributed by atoms with Gasteiger partial charge in [-0.2, -0.15) is 13.2 Å². The van der Waals surface area contributed by atoms with Crippen LogP contribution in [0.25, 0.3) is 0 Å². The smallest absolute Gasteiger partial charge is 0.406 e. The molecular formula is C13H17F3N2O. The molecule has 0 spiro atoms. The van der Waals surface area contributed by atoms with Crippen molar-refractivity contribution in [3.05, 3.63) is 23.0 Å². The number of halogens is 3. The summed E-state index contributed by atoms with van der Waals surface area (Å²) < 4.78 is 43.6. The van der Waals surface area contributed by atoms with Crippen LogP contribution in [0.4, 0.5) is 13.2 Å². The second-order valence-electron chi connectivity index (χ2n) is 4.98. The van der Waals surface area contributed by atoms with E-state index in [1.54, 1.807) is 13.3 Å². The van der Waals surface area contributed by atoms with Crippen LogP contribution in [-0.4, -0.2) is 23.8 Å². The molecule has 3 nitrogen and oxygen atoms in total. The Morgan fingerprint density at radius 1 is 1.37 bits per heavy atom. The molecule has 1 fully saturated rings. The van der Waals surface area contributed by atoms with E-state index in [1.807, 2.05) is 13.8 Å². The zero-order valence-corrected chi connectivity index (χ0v) is 11.2. The maximum Gasteiger partial charge on any atom is 0.406 e. The fraction of sp³-hybridized carbons (Fsp3) is 0.615. The van der Waals surface area contributed by atoms with E-state index in [2.05, 4.69) is 10.3 Å². The van der Waals surface area contributed by atoms with Crippen molar-refractivity contribution in [1.29, 1.82) is 0 Å². The van der Waals surface area contributed by atoms with Crippen LogP contribution in [0, 0.1) is 13.8 Å². The molecule has 0 amide bonds. The Morgan fingerprint density at radius 3 is 2.47 bits per heavy atom. The van der Waals surface area contributed by atoms with Gasteiger partial charge in [-0.3, -0.25) is 10.3 Å². The summed E-state index contributed by atoms with van der Waals surface area (Å²) in [6.45, 7) is 3.76. The third-order valence-corrected chi connectivity index (χ3v) is 3.64. The van der Waals surface area contributed by atoms with E-state index in [4.69, 9.17) is 4.74 Å². The Balaban J connectivity index is 2.13. The van der Waals surface area contributed by atoms with Crippen LogP contribution in [0.3, 0.4) is 0 Å². The molecule has 0 unspecified atom stereocenters. The number of pyridine rings is 1. The van der Waals surface area contributed by atoms with Gasteiger partial charge in [-0.25, -0.2) is 0 Å². The van der Waals surface area contributed by atoms with Crippen LogP contribution in [0.1, 0.15) is 29.7 Å². The van der Waals surface area contributed by atoms with Gasteiger partial charge in [-0.15, -0.1) is 0 Å². The van der Waals surface area contributed by atoms with Crippen LogP contribution in [0.2, 0.25) is 0 Å². The summed E-state index contributed by atoms with van der Waals surface area (Å²) in [6, 6.07) is 0. The maximum absolute atomic E-state index is 12.8. The lowest BCUT2D eigenvalue weighted by atomic mass is 10.1. The second-order valence-corrected chi connectivity index (χ2v) is 4.98. The van der Waals surface area contributed by atoms with Crippen LogP contribution in [0.15, 0.2) is 6.20 Å². The topological polar surface area (TPSA) is 34.1 Å². The minimum absolute atomic E-state index is 0.0992. The van der Waals surface area contributed by atoms with E-state index in [0.29, 0.717) is 11.4 Å². The molecule has 1 aromatic rings. The van der Waals surface area contributed by atoms with E-state index in [-0.39, 0.29) is 19.4 Å². The Bertz CT molecular complexity index is 482. The molecule has 1 aliphatic rings. The van der Waals surface area contributed by atoms with Crippen molar-refractivity contribution in [3.63, 3.8) is 0 Å². The zero-order chi connectivity index (χ0) is 14.3. The third kappa shape index (κ3) is 2.54. The third-order valence-electron chi connectivity index (χ3n) is 3.64. The molecule has 1 N–H and O–H groups in total. The largest absolute Gasteiger partial charge is 0.496 e. The van der Waals surface area contributed by atoms with Crippen LogP contribution in [-0.2, 0) is 6.54 Å². The predicted molar refractivity (Wildman–Crippen MR) is 65.1 cm³/mol. The standard InChI is InChI=1S/C13H17F3N2O/c1-8-6-17-10(9(2)11(8)19-3)7-18-12(4-5-12)13(14,15)16/h6,18H,4-5,7H2,1-3H3. The minimum atomic E-state index is -4.20. The number of methoxy groups -OCH3 is 1. The van der Waals surface area contributed by atoms with Gasteiger partial charge >= 0.3 is 6.18 Å². The minimum Gasteiger partial charge on any atom is -0.496 e. The maximum atomic E-state index is 12.8. The summed E-state index contributed by atoms with van der Waals surface area (Å²) in [5.74, 6) is 0.684. The molecular weight excluding hydrogens is 257 g/mol. The summed E-state index contributed by atoms with van der Waals surface area (Å²) >= 11 is 0. The number of aromatic nitrogens is 1. The Kier molecular flexibility index (Phi) is 3.47. The highest BCUT2D eigenvalue weighted by Crippen LogP contribution is 2.49. The summed E-state index contributed by atoms with van der Waals surface area (Å²) in [4.78, 5) is 4.19. The first-order chi connectivity index (χ1) is 8.81. The Hall–Kier alpha value is -1.30. The molecule has 1 saturated carbocycles. The lowest BCUT2D eigenvalue weighted by molar-refractivity contribution is -0.166. The van der Waals surface area contributed by atoms with Crippen molar-refractivity contribution in [2.24, 2.45) is 0 Å². The van der Waals surface area contributed by atoms with Gasteiger partial charge < -0.3 is 4.74 Å². The van der Waals surface area contributed by atoms with Crippen molar-refractivity contribution in [2.75, 3.05) is 7.11 Å². The first-order valence-electron chi connectivity index (χ1n) is 6.11. The normalized spacial score (nSPS) is 17.4. The van der Waals surface area contributed by atoms with Gasteiger partial charge in [0, 0.05) is 23.9 Å². The van der Waals surface area contributed by atoms with Gasteiger partial charge in [0.05, 0.1) is 12.8 Å². The van der Waals surface area contributed by atoms with E-state index in [9.17, 15) is 13.2 Å². The van der Waals surface area contributed by atoms with Crippen molar-refractivity contribution in [1.82, 2.24) is 10.3 Å². The summed E-state index contributed by atoms with van der Waals surface area (Å²) in [6.07, 6.45) is -2.30. The SMILES string of the molecule is COc1c(C)cnc(CNC2(C(F)(F)F)CC2)c1C. The number of alkyl halides is 3. The zero-order valence-electron chi connectivity index (χ0n) is 11.2. The van der Waals surface area contributed by atoms with Crippen LogP contribution < -0.4 is 10.1 Å². The predicted octanol–water partition coefficient (Wildman–Crippen LogP) is 2.89.